The highest BCUT2D eigenvalue weighted by Crippen LogP contribution is 2.34. The van der Waals surface area contributed by atoms with Crippen LogP contribution in [0.1, 0.15) is 30.9 Å². The second-order valence-electron chi connectivity index (χ2n) is 8.49. The molecular formula is C26H27FN4O2. The van der Waals surface area contributed by atoms with Gasteiger partial charge in [-0.05, 0) is 63.0 Å². The van der Waals surface area contributed by atoms with Crippen LogP contribution in [0.4, 0.5) is 16.0 Å². The highest BCUT2D eigenvalue weighted by molar-refractivity contribution is 5.65. The summed E-state index contributed by atoms with van der Waals surface area (Å²) in [4.78, 5) is 11.1. The third-order valence-corrected chi connectivity index (χ3v) is 5.90. The average molecular weight is 447 g/mol. The van der Waals surface area contributed by atoms with Crippen molar-refractivity contribution in [3.05, 3.63) is 71.2 Å². The van der Waals surface area contributed by atoms with Gasteiger partial charge in [0, 0.05) is 36.1 Å². The topological polar surface area (TPSA) is 59.5 Å². The lowest BCUT2D eigenvalue weighted by Crippen LogP contribution is -2.25. The lowest BCUT2D eigenvalue weighted by atomic mass is 10.1. The molecule has 2 aliphatic rings. The molecule has 2 heterocycles. The van der Waals surface area contributed by atoms with Crippen molar-refractivity contribution >= 4 is 17.7 Å². The predicted molar refractivity (Wildman–Crippen MR) is 127 cm³/mol. The van der Waals surface area contributed by atoms with E-state index in [-0.39, 0.29) is 17.4 Å². The largest absolute Gasteiger partial charge is 0.492 e. The molecule has 1 saturated heterocycles. The Labute approximate surface area is 193 Å². The summed E-state index contributed by atoms with van der Waals surface area (Å²) in [5.74, 6) is 1.20. The number of likely N-dealkylation sites (tertiary alicyclic amines) is 1. The lowest BCUT2D eigenvalue weighted by Gasteiger charge is -2.15. The second kappa shape index (κ2) is 9.58. The molecule has 33 heavy (non-hydrogen) atoms. The predicted octanol–water partition coefficient (Wildman–Crippen LogP) is 5.59. The number of allylic oxidation sites excluding steroid dienone is 1. The number of hydrogen-bond donors (Lipinski definition) is 1. The molecule has 0 unspecified atom stereocenters. The fourth-order valence-corrected chi connectivity index (χ4v) is 4.26. The van der Waals surface area contributed by atoms with E-state index in [2.05, 4.69) is 20.2 Å². The van der Waals surface area contributed by atoms with Crippen molar-refractivity contribution < 1.29 is 13.9 Å². The van der Waals surface area contributed by atoms with Gasteiger partial charge in [-0.2, -0.15) is 4.98 Å². The van der Waals surface area contributed by atoms with E-state index in [1.165, 1.54) is 12.8 Å². The minimum absolute atomic E-state index is 0.151. The number of nitrogens with zero attached hydrogens (tertiary/aromatic N) is 3. The van der Waals surface area contributed by atoms with Crippen LogP contribution < -0.4 is 14.8 Å². The number of anilines is 2. The van der Waals surface area contributed by atoms with Gasteiger partial charge in [0.25, 0.3) is 0 Å². The van der Waals surface area contributed by atoms with Gasteiger partial charge in [-0.1, -0.05) is 23.8 Å². The first-order chi connectivity index (χ1) is 16.1. The maximum Gasteiger partial charge on any atom is 0.230 e. The van der Waals surface area contributed by atoms with Gasteiger partial charge in [0.1, 0.15) is 12.4 Å². The van der Waals surface area contributed by atoms with Crippen LogP contribution in [0.2, 0.25) is 0 Å². The normalized spacial score (nSPS) is 15.3. The highest BCUT2D eigenvalue weighted by atomic mass is 19.1. The molecule has 0 spiro atoms. The van der Waals surface area contributed by atoms with Gasteiger partial charge in [-0.15, -0.1) is 0 Å². The van der Waals surface area contributed by atoms with Gasteiger partial charge in [-0.25, -0.2) is 9.37 Å². The summed E-state index contributed by atoms with van der Waals surface area (Å²) < 4.78 is 26.5. The molecule has 1 aromatic heterocycles. The maximum atomic E-state index is 14.9. The minimum Gasteiger partial charge on any atom is -0.492 e. The van der Waals surface area contributed by atoms with E-state index in [1.54, 1.807) is 18.3 Å². The molecule has 6 nitrogen and oxygen atoms in total. The number of benzene rings is 2. The smallest absolute Gasteiger partial charge is 0.230 e. The molecule has 0 saturated carbocycles. The van der Waals surface area contributed by atoms with Crippen molar-refractivity contribution in [3.8, 4) is 17.4 Å². The molecule has 7 heteroatoms. The first-order valence-corrected chi connectivity index (χ1v) is 11.4. The summed E-state index contributed by atoms with van der Waals surface area (Å²) in [5, 5.41) is 3.17. The molecule has 0 atom stereocenters. The van der Waals surface area contributed by atoms with Gasteiger partial charge in [0.2, 0.25) is 11.8 Å². The van der Waals surface area contributed by atoms with Gasteiger partial charge in [0.15, 0.2) is 11.6 Å². The van der Waals surface area contributed by atoms with E-state index in [0.717, 1.165) is 48.6 Å². The molecule has 2 aromatic carbocycles. The number of halogens is 1. The Morgan fingerprint density at radius 2 is 2.00 bits per heavy atom. The molecular weight excluding hydrogens is 419 g/mol. The van der Waals surface area contributed by atoms with Crippen molar-refractivity contribution in [1.29, 1.82) is 0 Å². The summed E-state index contributed by atoms with van der Waals surface area (Å²) in [6, 6.07) is 12.8. The molecule has 1 aliphatic heterocycles. The third kappa shape index (κ3) is 5.14. The van der Waals surface area contributed by atoms with Crippen LogP contribution in [-0.4, -0.2) is 41.1 Å². The monoisotopic (exact) mass is 446 g/mol. The fraction of sp³-hybridized carbons (Fsp3) is 0.308. The van der Waals surface area contributed by atoms with E-state index in [0.29, 0.717) is 18.1 Å². The number of rotatable bonds is 8. The van der Waals surface area contributed by atoms with Gasteiger partial charge >= 0.3 is 0 Å². The summed E-state index contributed by atoms with van der Waals surface area (Å²) in [6.07, 6.45) is 6.77. The average Bonchev–Trinajstić information content (AvgIpc) is 3.46. The first-order valence-electron chi connectivity index (χ1n) is 11.4. The Morgan fingerprint density at radius 1 is 1.12 bits per heavy atom. The zero-order valence-electron chi connectivity index (χ0n) is 18.7. The van der Waals surface area contributed by atoms with E-state index in [9.17, 15) is 4.39 Å². The zero-order valence-corrected chi connectivity index (χ0v) is 18.7. The number of ether oxygens (including phenoxy) is 2. The van der Waals surface area contributed by atoms with Crippen molar-refractivity contribution in [3.63, 3.8) is 0 Å². The molecule has 0 bridgehead atoms. The van der Waals surface area contributed by atoms with Crippen LogP contribution in [0.15, 0.2) is 54.2 Å². The number of aromatic nitrogens is 2. The van der Waals surface area contributed by atoms with Crippen molar-refractivity contribution in [2.24, 2.45) is 0 Å². The Morgan fingerprint density at radius 3 is 2.88 bits per heavy atom. The van der Waals surface area contributed by atoms with Crippen LogP contribution in [-0.2, 0) is 6.42 Å². The number of nitrogens with one attached hydrogen (secondary N) is 1. The standard InChI is InChI=1S/C26H27FN4O2/c1-18-15-19-7-8-23(25(27)22(19)16-18)33-24-9-10-28-26(30-24)29-20-5-4-6-21(17-20)32-14-13-31-11-2-3-12-31/h4-10,16-17H,2-3,11-15H2,1H3,(H,28,29,30). The van der Waals surface area contributed by atoms with Crippen molar-refractivity contribution in [2.75, 3.05) is 31.6 Å². The zero-order chi connectivity index (χ0) is 22.6. The number of hydrogen-bond acceptors (Lipinski definition) is 6. The van der Waals surface area contributed by atoms with E-state index in [1.807, 2.05) is 43.3 Å². The van der Waals surface area contributed by atoms with Gasteiger partial charge in [0.05, 0.1) is 0 Å². The lowest BCUT2D eigenvalue weighted by molar-refractivity contribution is 0.238. The SMILES string of the molecule is CC1=Cc2c(ccc(Oc3ccnc(Nc4cccc(OCCN5CCCC5)c4)n3)c2F)C1. The van der Waals surface area contributed by atoms with Crippen molar-refractivity contribution in [2.45, 2.75) is 26.2 Å². The molecule has 0 radical (unpaired) electrons. The van der Waals surface area contributed by atoms with E-state index in [4.69, 9.17) is 9.47 Å². The van der Waals surface area contributed by atoms with Crippen molar-refractivity contribution in [1.82, 2.24) is 14.9 Å². The van der Waals surface area contributed by atoms with Crippen LogP contribution in [0.25, 0.3) is 6.08 Å². The summed E-state index contributed by atoms with van der Waals surface area (Å²) >= 11 is 0. The Hall–Kier alpha value is -3.45. The molecule has 3 aromatic rings. The molecule has 1 aliphatic carbocycles. The third-order valence-electron chi connectivity index (χ3n) is 5.90. The minimum atomic E-state index is -0.365. The molecule has 1 N–H and O–H groups in total. The summed E-state index contributed by atoms with van der Waals surface area (Å²) in [7, 11) is 0. The fourth-order valence-electron chi connectivity index (χ4n) is 4.26. The van der Waals surface area contributed by atoms with Crippen LogP contribution in [0.5, 0.6) is 17.4 Å². The Bertz CT molecular complexity index is 1170. The molecule has 1 fully saturated rings. The molecule has 170 valence electrons. The Kier molecular flexibility index (Phi) is 6.21. The van der Waals surface area contributed by atoms with Gasteiger partial charge < -0.3 is 14.8 Å². The molecule has 0 amide bonds. The maximum absolute atomic E-state index is 14.9. The highest BCUT2D eigenvalue weighted by Gasteiger charge is 2.18. The Balaban J connectivity index is 1.23. The van der Waals surface area contributed by atoms with E-state index >= 15 is 0 Å². The number of fused-ring (bicyclic) bond motifs is 1. The van der Waals surface area contributed by atoms with Crippen LogP contribution >= 0.6 is 0 Å². The quantitative estimate of drug-likeness (QED) is 0.487. The first kappa shape index (κ1) is 21.4. The summed E-state index contributed by atoms with van der Waals surface area (Å²) in [5.41, 5.74) is 3.51. The summed E-state index contributed by atoms with van der Waals surface area (Å²) in [6.45, 7) is 5.91. The van der Waals surface area contributed by atoms with E-state index < -0.39 is 0 Å². The van der Waals surface area contributed by atoms with Crippen LogP contribution in [0, 0.1) is 5.82 Å². The molecule has 5 rings (SSSR count). The van der Waals surface area contributed by atoms with Crippen LogP contribution in [0.3, 0.4) is 0 Å². The second-order valence-corrected chi connectivity index (χ2v) is 8.49. The van der Waals surface area contributed by atoms with Gasteiger partial charge in [-0.3, -0.25) is 4.90 Å².